The molecule has 1 heterocycles. The molecule has 0 aliphatic rings. The zero-order valence-corrected chi connectivity index (χ0v) is 20.5. The van der Waals surface area contributed by atoms with E-state index in [1.807, 2.05) is 52.0 Å². The number of anilines is 2. The number of aromatic nitrogens is 2. The summed E-state index contributed by atoms with van der Waals surface area (Å²) < 4.78 is 30.2. The number of amides is 1. The first-order valence-electron chi connectivity index (χ1n) is 10.4. The molecule has 3 rings (SSSR count). The van der Waals surface area contributed by atoms with Crippen molar-refractivity contribution in [2.45, 2.75) is 46.4 Å². The molecule has 0 saturated heterocycles. The Balaban J connectivity index is 2.03. The Morgan fingerprint density at radius 2 is 1.53 bits per heavy atom. The topological polar surface area (TPSA) is 84.3 Å². The molecule has 0 saturated carbocycles. The minimum absolute atomic E-state index is 0.121. The maximum atomic E-state index is 13.7. The summed E-state index contributed by atoms with van der Waals surface area (Å²) in [6.45, 7) is 10.8. The average Bonchev–Trinajstić information content (AvgIpc) is 2.95. The molecule has 7 nitrogen and oxygen atoms in total. The van der Waals surface area contributed by atoms with Gasteiger partial charge in [0.25, 0.3) is 10.0 Å². The van der Waals surface area contributed by atoms with E-state index >= 15 is 0 Å². The second-order valence-corrected chi connectivity index (χ2v) is 10.1. The molecule has 0 spiro atoms. The molecule has 0 aliphatic heterocycles. The summed E-state index contributed by atoms with van der Waals surface area (Å²) in [5.41, 5.74) is 6.00. The van der Waals surface area contributed by atoms with Crippen LogP contribution in [0.4, 0.5) is 11.4 Å². The van der Waals surface area contributed by atoms with Crippen LogP contribution in [0.25, 0.3) is 0 Å². The number of nitrogens with one attached hydrogen (secondary N) is 1. The van der Waals surface area contributed by atoms with Crippen molar-refractivity contribution in [1.29, 1.82) is 0 Å². The SMILES string of the molecule is Cc1ccc(N(CC(=O)Nc2c(C)cc(C)cc2C)S(=O)(=O)c2c(C)nn(C)c2C)cc1. The fourth-order valence-corrected chi connectivity index (χ4v) is 5.78. The molecular formula is C24H30N4O3S. The van der Waals surface area contributed by atoms with Gasteiger partial charge in [0.05, 0.1) is 17.1 Å². The van der Waals surface area contributed by atoms with Gasteiger partial charge >= 0.3 is 0 Å². The van der Waals surface area contributed by atoms with Gasteiger partial charge in [-0.05, 0) is 64.8 Å². The van der Waals surface area contributed by atoms with Gasteiger partial charge in [-0.15, -0.1) is 0 Å². The Morgan fingerprint density at radius 1 is 0.969 bits per heavy atom. The van der Waals surface area contributed by atoms with Gasteiger partial charge in [-0.2, -0.15) is 5.10 Å². The maximum Gasteiger partial charge on any atom is 0.268 e. The molecule has 1 aromatic heterocycles. The highest BCUT2D eigenvalue weighted by atomic mass is 32.2. The van der Waals surface area contributed by atoms with E-state index in [0.29, 0.717) is 22.8 Å². The van der Waals surface area contributed by atoms with E-state index in [1.54, 1.807) is 33.0 Å². The van der Waals surface area contributed by atoms with Crippen LogP contribution >= 0.6 is 0 Å². The van der Waals surface area contributed by atoms with E-state index in [0.717, 1.165) is 26.6 Å². The van der Waals surface area contributed by atoms with Crippen LogP contribution in [0.5, 0.6) is 0 Å². The van der Waals surface area contributed by atoms with Crippen molar-refractivity contribution < 1.29 is 13.2 Å². The predicted molar refractivity (Wildman–Crippen MR) is 128 cm³/mol. The fraction of sp³-hybridized carbons (Fsp3) is 0.333. The Labute approximate surface area is 190 Å². The van der Waals surface area contributed by atoms with Crippen molar-refractivity contribution in [2.75, 3.05) is 16.2 Å². The molecule has 0 aliphatic carbocycles. The Bertz CT molecular complexity index is 1250. The molecule has 0 unspecified atom stereocenters. The van der Waals surface area contributed by atoms with Crippen LogP contribution in [0, 0.1) is 41.5 Å². The molecule has 8 heteroatoms. The third-order valence-corrected chi connectivity index (χ3v) is 7.57. The second-order valence-electron chi connectivity index (χ2n) is 8.29. The summed E-state index contributed by atoms with van der Waals surface area (Å²) in [5, 5.41) is 7.17. The lowest BCUT2D eigenvalue weighted by Gasteiger charge is -2.25. The number of rotatable bonds is 6. The maximum absolute atomic E-state index is 13.7. The van der Waals surface area contributed by atoms with E-state index in [4.69, 9.17) is 0 Å². The molecule has 170 valence electrons. The normalized spacial score (nSPS) is 11.5. The first-order chi connectivity index (χ1) is 14.9. The second kappa shape index (κ2) is 8.78. The van der Waals surface area contributed by atoms with Crippen LogP contribution in [0.2, 0.25) is 0 Å². The van der Waals surface area contributed by atoms with E-state index in [1.165, 1.54) is 4.68 Å². The van der Waals surface area contributed by atoms with Gasteiger partial charge < -0.3 is 5.32 Å². The number of hydrogen-bond acceptors (Lipinski definition) is 4. The van der Waals surface area contributed by atoms with Crippen LogP contribution < -0.4 is 9.62 Å². The first-order valence-corrected chi connectivity index (χ1v) is 11.8. The van der Waals surface area contributed by atoms with Gasteiger partial charge in [0.15, 0.2) is 0 Å². The number of aryl methyl sites for hydroxylation is 6. The fourth-order valence-electron chi connectivity index (χ4n) is 3.95. The quantitative estimate of drug-likeness (QED) is 0.608. The van der Waals surface area contributed by atoms with Gasteiger partial charge in [0, 0.05) is 12.7 Å². The van der Waals surface area contributed by atoms with Gasteiger partial charge in [-0.25, -0.2) is 8.42 Å². The third-order valence-electron chi connectivity index (χ3n) is 5.54. The first kappa shape index (κ1) is 23.5. The summed E-state index contributed by atoms with van der Waals surface area (Å²) in [4.78, 5) is 13.2. The Kier molecular flexibility index (Phi) is 6.46. The zero-order valence-electron chi connectivity index (χ0n) is 19.6. The molecule has 32 heavy (non-hydrogen) atoms. The Morgan fingerprint density at radius 3 is 2.03 bits per heavy atom. The van der Waals surface area contributed by atoms with Crippen LogP contribution in [0.1, 0.15) is 33.6 Å². The van der Waals surface area contributed by atoms with E-state index in [-0.39, 0.29) is 11.4 Å². The van der Waals surface area contributed by atoms with Crippen molar-refractivity contribution in [3.8, 4) is 0 Å². The van der Waals surface area contributed by atoms with Crippen molar-refractivity contribution in [3.63, 3.8) is 0 Å². The summed E-state index contributed by atoms with van der Waals surface area (Å²) in [6, 6.07) is 11.0. The van der Waals surface area contributed by atoms with Crippen LogP contribution in [-0.4, -0.2) is 30.7 Å². The average molecular weight is 455 g/mol. The lowest BCUT2D eigenvalue weighted by Crippen LogP contribution is -2.38. The smallest absolute Gasteiger partial charge is 0.268 e. The van der Waals surface area contributed by atoms with E-state index in [9.17, 15) is 13.2 Å². The lowest BCUT2D eigenvalue weighted by molar-refractivity contribution is -0.114. The number of sulfonamides is 1. The summed E-state index contributed by atoms with van der Waals surface area (Å²) in [7, 11) is -2.33. The van der Waals surface area contributed by atoms with Crippen molar-refractivity contribution in [2.24, 2.45) is 7.05 Å². The minimum Gasteiger partial charge on any atom is -0.324 e. The summed E-state index contributed by atoms with van der Waals surface area (Å²) >= 11 is 0. The van der Waals surface area contributed by atoms with Gasteiger partial charge in [-0.3, -0.25) is 13.8 Å². The minimum atomic E-state index is -4.03. The standard InChI is InChI=1S/C24H30N4O3S/c1-15-8-10-21(11-9-15)28(32(30,31)24-19(5)26-27(7)20(24)6)14-22(29)25-23-17(3)12-16(2)13-18(23)4/h8-13H,14H2,1-7H3,(H,25,29). The van der Waals surface area contributed by atoms with E-state index in [2.05, 4.69) is 10.4 Å². The molecule has 3 aromatic rings. The highest BCUT2D eigenvalue weighted by Gasteiger charge is 2.32. The van der Waals surface area contributed by atoms with Gasteiger partial charge in [0.2, 0.25) is 5.91 Å². The largest absolute Gasteiger partial charge is 0.324 e. The monoisotopic (exact) mass is 454 g/mol. The highest BCUT2D eigenvalue weighted by Crippen LogP contribution is 2.28. The number of carbonyl (C=O) groups excluding carboxylic acids is 1. The summed E-state index contributed by atoms with van der Waals surface area (Å²) in [6.07, 6.45) is 0. The molecule has 0 radical (unpaired) electrons. The Hall–Kier alpha value is -3.13. The van der Waals surface area contributed by atoms with Crippen LogP contribution in [0.15, 0.2) is 41.3 Å². The van der Waals surface area contributed by atoms with Gasteiger partial charge in [-0.1, -0.05) is 35.4 Å². The highest BCUT2D eigenvalue weighted by molar-refractivity contribution is 7.93. The molecule has 1 amide bonds. The third kappa shape index (κ3) is 4.55. The molecule has 0 atom stereocenters. The number of benzene rings is 2. The molecule has 0 bridgehead atoms. The number of carbonyl (C=O) groups is 1. The number of hydrogen-bond donors (Lipinski definition) is 1. The van der Waals surface area contributed by atoms with Crippen LogP contribution in [0.3, 0.4) is 0 Å². The van der Waals surface area contributed by atoms with Gasteiger partial charge in [0.1, 0.15) is 11.4 Å². The zero-order chi connectivity index (χ0) is 23.8. The van der Waals surface area contributed by atoms with Crippen molar-refractivity contribution in [1.82, 2.24) is 9.78 Å². The molecule has 2 aromatic carbocycles. The summed E-state index contributed by atoms with van der Waals surface area (Å²) in [5.74, 6) is -0.414. The van der Waals surface area contributed by atoms with Crippen LogP contribution in [-0.2, 0) is 21.9 Å². The van der Waals surface area contributed by atoms with Crippen molar-refractivity contribution >= 4 is 27.3 Å². The molecule has 0 fully saturated rings. The molecular weight excluding hydrogens is 424 g/mol. The predicted octanol–water partition coefficient (Wildman–Crippen LogP) is 4.10. The number of nitrogens with zero attached hydrogens (tertiary/aromatic N) is 3. The van der Waals surface area contributed by atoms with E-state index < -0.39 is 15.9 Å². The molecule has 1 N–H and O–H groups in total. The van der Waals surface area contributed by atoms with Crippen molar-refractivity contribution in [3.05, 3.63) is 70.0 Å². The lowest BCUT2D eigenvalue weighted by atomic mass is 10.1.